The van der Waals surface area contributed by atoms with Crippen LogP contribution in [0.3, 0.4) is 0 Å². The van der Waals surface area contributed by atoms with E-state index in [0.29, 0.717) is 5.69 Å². The molecule has 1 aromatic carbocycles. The second-order valence-electron chi connectivity index (χ2n) is 7.35. The first-order chi connectivity index (χ1) is 12.1. The molecule has 1 saturated carbocycles. The molecule has 0 atom stereocenters. The van der Waals surface area contributed by atoms with Crippen molar-refractivity contribution in [3.8, 4) is 0 Å². The Morgan fingerprint density at radius 3 is 2.56 bits per heavy atom. The Kier molecular flexibility index (Phi) is 4.34. The van der Waals surface area contributed by atoms with Crippen LogP contribution in [0.25, 0.3) is 0 Å². The smallest absolute Gasteiger partial charge is 0.273 e. The standard InChI is InChI=1S/C20H26N4O/c1-14-12-19(23(2)22-14)20(25)21-17-7-6-15-8-10-24(18-4-3-5-18)11-9-16(15)13-17/h6-7,12-13,18H,3-5,8-11H2,1-2H3,(H,21,25). The van der Waals surface area contributed by atoms with Crippen molar-refractivity contribution in [3.05, 3.63) is 46.8 Å². The average molecular weight is 338 g/mol. The quantitative estimate of drug-likeness (QED) is 0.936. The van der Waals surface area contributed by atoms with Crippen molar-refractivity contribution in [1.29, 1.82) is 0 Å². The number of benzene rings is 1. The highest BCUT2D eigenvalue weighted by Crippen LogP contribution is 2.28. The van der Waals surface area contributed by atoms with Crippen LogP contribution in [-0.4, -0.2) is 39.7 Å². The van der Waals surface area contributed by atoms with Gasteiger partial charge in [0, 0.05) is 31.9 Å². The Balaban J connectivity index is 1.47. The van der Waals surface area contributed by atoms with E-state index < -0.39 is 0 Å². The van der Waals surface area contributed by atoms with Gasteiger partial charge in [-0.3, -0.25) is 14.4 Å². The van der Waals surface area contributed by atoms with Gasteiger partial charge in [0.1, 0.15) is 5.69 Å². The van der Waals surface area contributed by atoms with Crippen molar-refractivity contribution < 1.29 is 4.79 Å². The van der Waals surface area contributed by atoms with Crippen LogP contribution in [0.2, 0.25) is 0 Å². The minimum atomic E-state index is -0.104. The normalized spacial score (nSPS) is 18.3. The third-order valence-corrected chi connectivity index (χ3v) is 5.63. The lowest BCUT2D eigenvalue weighted by Crippen LogP contribution is -2.41. The van der Waals surface area contributed by atoms with E-state index in [0.717, 1.165) is 43.4 Å². The predicted octanol–water partition coefficient (Wildman–Crippen LogP) is 2.93. The molecule has 0 unspecified atom stereocenters. The number of hydrogen-bond acceptors (Lipinski definition) is 3. The van der Waals surface area contributed by atoms with Gasteiger partial charge in [0.25, 0.3) is 5.91 Å². The largest absolute Gasteiger partial charge is 0.321 e. The fraction of sp³-hybridized carbons (Fsp3) is 0.500. The minimum Gasteiger partial charge on any atom is -0.321 e. The van der Waals surface area contributed by atoms with Gasteiger partial charge >= 0.3 is 0 Å². The first-order valence-electron chi connectivity index (χ1n) is 9.28. The number of hydrogen-bond donors (Lipinski definition) is 1. The van der Waals surface area contributed by atoms with Crippen LogP contribution in [0.1, 0.15) is 46.6 Å². The molecule has 4 rings (SSSR count). The second-order valence-corrected chi connectivity index (χ2v) is 7.35. The number of aryl methyl sites for hydroxylation is 2. The number of nitrogens with one attached hydrogen (secondary N) is 1. The Morgan fingerprint density at radius 2 is 1.92 bits per heavy atom. The summed E-state index contributed by atoms with van der Waals surface area (Å²) in [4.78, 5) is 15.1. The van der Waals surface area contributed by atoms with Crippen molar-refractivity contribution in [2.24, 2.45) is 7.05 Å². The first-order valence-corrected chi connectivity index (χ1v) is 9.28. The van der Waals surface area contributed by atoms with E-state index in [2.05, 4.69) is 27.4 Å². The number of nitrogens with zero attached hydrogens (tertiary/aromatic N) is 3. The van der Waals surface area contributed by atoms with Gasteiger partial charge in [-0.1, -0.05) is 12.5 Å². The van der Waals surface area contributed by atoms with Crippen molar-refractivity contribution in [2.75, 3.05) is 18.4 Å². The van der Waals surface area contributed by atoms with E-state index in [1.807, 2.05) is 19.1 Å². The molecule has 2 aliphatic rings. The summed E-state index contributed by atoms with van der Waals surface area (Å²) in [5.41, 5.74) is 5.12. The van der Waals surface area contributed by atoms with Crippen molar-refractivity contribution >= 4 is 11.6 Å². The SMILES string of the molecule is Cc1cc(C(=O)Nc2ccc3c(c2)CCN(C2CCC2)CC3)n(C)n1. The lowest BCUT2D eigenvalue weighted by molar-refractivity contribution is 0.101. The summed E-state index contributed by atoms with van der Waals surface area (Å²) in [7, 11) is 1.80. The van der Waals surface area contributed by atoms with Crippen LogP contribution in [0, 0.1) is 6.92 Å². The summed E-state index contributed by atoms with van der Waals surface area (Å²) >= 11 is 0. The van der Waals surface area contributed by atoms with E-state index in [4.69, 9.17) is 0 Å². The summed E-state index contributed by atoms with van der Waals surface area (Å²) < 4.78 is 1.63. The molecule has 0 radical (unpaired) electrons. The Bertz CT molecular complexity index is 791. The van der Waals surface area contributed by atoms with Gasteiger partial charge in [-0.15, -0.1) is 0 Å². The molecule has 2 aromatic rings. The molecule has 1 amide bonds. The average Bonchev–Trinajstić information content (AvgIpc) is 2.75. The second kappa shape index (κ2) is 6.64. The van der Waals surface area contributed by atoms with Gasteiger partial charge in [0.15, 0.2) is 0 Å². The molecule has 0 spiro atoms. The molecule has 1 fully saturated rings. The molecule has 25 heavy (non-hydrogen) atoms. The third-order valence-electron chi connectivity index (χ3n) is 5.63. The summed E-state index contributed by atoms with van der Waals surface area (Å²) in [5, 5.41) is 7.27. The molecule has 0 saturated heterocycles. The van der Waals surface area contributed by atoms with Gasteiger partial charge in [-0.2, -0.15) is 5.10 Å². The van der Waals surface area contributed by atoms with E-state index in [-0.39, 0.29) is 5.91 Å². The zero-order chi connectivity index (χ0) is 17.4. The van der Waals surface area contributed by atoms with Gasteiger partial charge in [-0.05, 0) is 61.9 Å². The molecule has 1 aliphatic carbocycles. The maximum atomic E-state index is 12.5. The molecule has 1 N–H and O–H groups in total. The maximum absolute atomic E-state index is 12.5. The third kappa shape index (κ3) is 3.33. The highest BCUT2D eigenvalue weighted by Gasteiger charge is 2.26. The molecule has 5 heteroatoms. The number of rotatable bonds is 3. The van der Waals surface area contributed by atoms with Crippen LogP contribution >= 0.6 is 0 Å². The van der Waals surface area contributed by atoms with Gasteiger partial charge in [-0.25, -0.2) is 0 Å². The zero-order valence-corrected chi connectivity index (χ0v) is 15.1. The predicted molar refractivity (Wildman–Crippen MR) is 99.0 cm³/mol. The van der Waals surface area contributed by atoms with Crippen LogP contribution in [0.5, 0.6) is 0 Å². The lowest BCUT2D eigenvalue weighted by Gasteiger charge is -2.36. The molecule has 2 heterocycles. The summed E-state index contributed by atoms with van der Waals surface area (Å²) in [5.74, 6) is -0.104. The van der Waals surface area contributed by atoms with E-state index >= 15 is 0 Å². The Hall–Kier alpha value is -2.14. The molecule has 0 bridgehead atoms. The first kappa shape index (κ1) is 16.3. The minimum absolute atomic E-state index is 0.104. The van der Waals surface area contributed by atoms with Crippen LogP contribution in [-0.2, 0) is 19.9 Å². The highest BCUT2D eigenvalue weighted by molar-refractivity contribution is 6.03. The molecular formula is C20H26N4O. The number of fused-ring (bicyclic) bond motifs is 1. The number of amides is 1. The van der Waals surface area contributed by atoms with Crippen LogP contribution < -0.4 is 5.32 Å². The number of carbonyl (C=O) groups is 1. The van der Waals surface area contributed by atoms with E-state index in [1.54, 1.807) is 11.7 Å². The molecule has 1 aliphatic heterocycles. The lowest BCUT2D eigenvalue weighted by atomic mass is 9.91. The van der Waals surface area contributed by atoms with Gasteiger partial charge in [0.05, 0.1) is 5.69 Å². The zero-order valence-electron chi connectivity index (χ0n) is 15.1. The van der Waals surface area contributed by atoms with E-state index in [1.165, 1.54) is 30.4 Å². The van der Waals surface area contributed by atoms with Gasteiger partial charge < -0.3 is 5.32 Å². The number of carbonyl (C=O) groups excluding carboxylic acids is 1. The monoisotopic (exact) mass is 338 g/mol. The Labute approximate surface area is 149 Å². The van der Waals surface area contributed by atoms with Crippen molar-refractivity contribution in [2.45, 2.75) is 45.1 Å². The highest BCUT2D eigenvalue weighted by atomic mass is 16.2. The summed E-state index contributed by atoms with van der Waals surface area (Å²) in [6.45, 7) is 4.20. The molecule has 1 aromatic heterocycles. The number of aromatic nitrogens is 2. The molecule has 132 valence electrons. The van der Waals surface area contributed by atoms with Gasteiger partial charge in [0.2, 0.25) is 0 Å². The van der Waals surface area contributed by atoms with Crippen molar-refractivity contribution in [1.82, 2.24) is 14.7 Å². The summed E-state index contributed by atoms with van der Waals surface area (Å²) in [6, 6.07) is 8.99. The van der Waals surface area contributed by atoms with Crippen molar-refractivity contribution in [3.63, 3.8) is 0 Å². The molecule has 5 nitrogen and oxygen atoms in total. The Morgan fingerprint density at radius 1 is 1.16 bits per heavy atom. The molecular weight excluding hydrogens is 312 g/mol. The topological polar surface area (TPSA) is 50.2 Å². The fourth-order valence-corrected chi connectivity index (χ4v) is 3.96. The number of anilines is 1. The fourth-order valence-electron chi connectivity index (χ4n) is 3.96. The van der Waals surface area contributed by atoms with E-state index in [9.17, 15) is 4.79 Å². The maximum Gasteiger partial charge on any atom is 0.273 e. The summed E-state index contributed by atoms with van der Waals surface area (Å²) in [6.07, 6.45) is 6.29. The van der Waals surface area contributed by atoms with Crippen LogP contribution in [0.15, 0.2) is 24.3 Å². The van der Waals surface area contributed by atoms with Crippen LogP contribution in [0.4, 0.5) is 5.69 Å².